The van der Waals surface area contributed by atoms with Crippen molar-refractivity contribution in [2.45, 2.75) is 15.3 Å². The summed E-state index contributed by atoms with van der Waals surface area (Å²) in [5, 5.41) is 11.1. The standard InChI is InChI=1S/C15H10F3NO7S2/c16-15(17,18)28(24,25)11-6-7-13(12(8-11)19(21)22)27(23)9-14(20)26-10-4-2-1-3-5-10/h1-8H,9H2/t27-/m1/s1. The van der Waals surface area contributed by atoms with E-state index < -0.39 is 58.3 Å². The lowest BCUT2D eigenvalue weighted by atomic mass is 10.3. The highest BCUT2D eigenvalue weighted by Gasteiger charge is 2.47. The monoisotopic (exact) mass is 437 g/mol. The summed E-state index contributed by atoms with van der Waals surface area (Å²) < 4.78 is 77.8. The second kappa shape index (κ2) is 8.06. The summed E-state index contributed by atoms with van der Waals surface area (Å²) in [6.45, 7) is 0. The molecule has 28 heavy (non-hydrogen) atoms. The third kappa shape index (κ3) is 4.72. The van der Waals surface area contributed by atoms with Gasteiger partial charge in [-0.1, -0.05) is 18.2 Å². The number of rotatable bonds is 6. The Labute approximate surface area is 158 Å². The zero-order valence-corrected chi connectivity index (χ0v) is 15.2. The molecule has 0 bridgehead atoms. The van der Waals surface area contributed by atoms with Crippen molar-refractivity contribution >= 4 is 32.3 Å². The van der Waals surface area contributed by atoms with Gasteiger partial charge in [-0.2, -0.15) is 13.2 Å². The number of nitrogens with zero attached hydrogens (tertiary/aromatic N) is 1. The van der Waals surface area contributed by atoms with E-state index in [1.54, 1.807) is 18.2 Å². The van der Waals surface area contributed by atoms with Crippen molar-refractivity contribution in [2.75, 3.05) is 5.75 Å². The molecule has 0 spiro atoms. The Morgan fingerprint density at radius 2 is 1.75 bits per heavy atom. The van der Waals surface area contributed by atoms with E-state index in [0.29, 0.717) is 12.1 Å². The summed E-state index contributed by atoms with van der Waals surface area (Å²) in [4.78, 5) is 19.7. The lowest BCUT2D eigenvalue weighted by Gasteiger charge is -2.09. The van der Waals surface area contributed by atoms with Gasteiger partial charge in [0.25, 0.3) is 15.5 Å². The van der Waals surface area contributed by atoms with Crippen LogP contribution < -0.4 is 4.74 Å². The van der Waals surface area contributed by atoms with E-state index in [9.17, 15) is 40.7 Å². The Bertz CT molecular complexity index is 1040. The van der Waals surface area contributed by atoms with Crippen molar-refractivity contribution in [3.05, 3.63) is 58.6 Å². The van der Waals surface area contributed by atoms with Gasteiger partial charge in [0.1, 0.15) is 16.4 Å². The van der Waals surface area contributed by atoms with Gasteiger partial charge >= 0.3 is 11.5 Å². The molecule has 13 heteroatoms. The summed E-state index contributed by atoms with van der Waals surface area (Å²) in [7, 11) is -8.20. The Hall–Kier alpha value is -2.80. The van der Waals surface area contributed by atoms with Gasteiger partial charge in [0.2, 0.25) is 0 Å². The van der Waals surface area contributed by atoms with E-state index in [1.165, 1.54) is 12.1 Å². The van der Waals surface area contributed by atoms with Crippen molar-refractivity contribution < 1.29 is 40.3 Å². The average molecular weight is 437 g/mol. The number of halogens is 3. The first-order chi connectivity index (χ1) is 12.9. The molecule has 0 saturated heterocycles. The number of nitro benzene ring substituents is 1. The largest absolute Gasteiger partial charge is 0.501 e. The minimum Gasteiger partial charge on any atom is -0.426 e. The van der Waals surface area contributed by atoms with E-state index in [2.05, 4.69) is 0 Å². The van der Waals surface area contributed by atoms with Gasteiger partial charge in [-0.15, -0.1) is 0 Å². The fourth-order valence-corrected chi connectivity index (χ4v) is 3.76. The molecule has 2 aromatic carbocycles. The summed E-state index contributed by atoms with van der Waals surface area (Å²) in [5.41, 5.74) is -6.79. The molecular formula is C15H10F3NO7S2. The summed E-state index contributed by atoms with van der Waals surface area (Å²) in [6.07, 6.45) is 0. The Morgan fingerprint density at radius 3 is 2.29 bits per heavy atom. The van der Waals surface area contributed by atoms with Crippen LogP contribution in [0.5, 0.6) is 5.75 Å². The van der Waals surface area contributed by atoms with Crippen molar-refractivity contribution in [2.24, 2.45) is 0 Å². The first-order valence-corrected chi connectivity index (χ1v) is 9.97. The van der Waals surface area contributed by atoms with Crippen molar-refractivity contribution in [3.63, 3.8) is 0 Å². The van der Waals surface area contributed by atoms with Crippen LogP contribution in [0.2, 0.25) is 0 Å². The van der Waals surface area contributed by atoms with E-state index in [0.717, 1.165) is 0 Å². The third-order valence-electron chi connectivity index (χ3n) is 3.21. The lowest BCUT2D eigenvalue weighted by Crippen LogP contribution is -2.23. The van der Waals surface area contributed by atoms with Gasteiger partial charge in [-0.25, -0.2) is 8.42 Å². The van der Waals surface area contributed by atoms with Crippen molar-refractivity contribution in [1.29, 1.82) is 0 Å². The number of sulfone groups is 1. The smallest absolute Gasteiger partial charge is 0.426 e. The Balaban J connectivity index is 2.31. The number of alkyl halides is 3. The van der Waals surface area contributed by atoms with Crippen LogP contribution in [-0.2, 0) is 25.4 Å². The quantitative estimate of drug-likeness (QED) is 0.295. The minimum absolute atomic E-state index is 0.130. The molecule has 0 aliphatic heterocycles. The molecule has 2 aromatic rings. The second-order valence-electron chi connectivity index (χ2n) is 5.11. The average Bonchev–Trinajstić information content (AvgIpc) is 2.60. The summed E-state index contributed by atoms with van der Waals surface area (Å²) >= 11 is 0. The number of carbonyl (C=O) groups is 1. The topological polar surface area (TPSA) is 121 Å². The molecule has 0 heterocycles. The predicted octanol–water partition coefficient (Wildman–Crippen LogP) is 2.60. The highest BCUT2D eigenvalue weighted by Crippen LogP contribution is 2.34. The van der Waals surface area contributed by atoms with Crippen LogP contribution in [0.4, 0.5) is 18.9 Å². The van der Waals surface area contributed by atoms with Gasteiger partial charge in [0.15, 0.2) is 0 Å². The van der Waals surface area contributed by atoms with E-state index in [-0.39, 0.29) is 11.8 Å². The first-order valence-electron chi connectivity index (χ1n) is 7.17. The molecule has 0 fully saturated rings. The van der Waals surface area contributed by atoms with Crippen LogP contribution in [-0.4, -0.2) is 34.8 Å². The van der Waals surface area contributed by atoms with Crippen LogP contribution in [0, 0.1) is 10.1 Å². The number of para-hydroxylation sites is 1. The maximum absolute atomic E-state index is 12.6. The minimum atomic E-state index is -5.83. The van der Waals surface area contributed by atoms with Crippen LogP contribution in [0.1, 0.15) is 0 Å². The van der Waals surface area contributed by atoms with Gasteiger partial charge in [0.05, 0.1) is 20.6 Å². The number of ether oxygens (including phenoxy) is 1. The molecule has 150 valence electrons. The number of carbonyl (C=O) groups excluding carboxylic acids is 1. The van der Waals surface area contributed by atoms with E-state index in [4.69, 9.17) is 4.74 Å². The number of nitro groups is 1. The fourth-order valence-electron chi connectivity index (χ4n) is 1.97. The van der Waals surface area contributed by atoms with Crippen LogP contribution in [0.3, 0.4) is 0 Å². The summed E-state index contributed by atoms with van der Waals surface area (Å²) in [6, 6.07) is 8.82. The molecule has 1 atom stereocenters. The van der Waals surface area contributed by atoms with Crippen LogP contribution in [0.15, 0.2) is 58.3 Å². The highest BCUT2D eigenvalue weighted by atomic mass is 32.2. The van der Waals surface area contributed by atoms with Crippen molar-refractivity contribution in [3.8, 4) is 5.75 Å². The number of esters is 1. The highest BCUT2D eigenvalue weighted by molar-refractivity contribution is 7.92. The SMILES string of the molecule is O=C(C[S@@](=O)c1ccc(S(=O)(=O)C(F)(F)F)cc1[N+](=O)[O-])Oc1ccccc1. The molecular weight excluding hydrogens is 427 g/mol. The molecule has 0 amide bonds. The molecule has 0 saturated carbocycles. The Kier molecular flexibility index (Phi) is 6.19. The molecule has 0 aliphatic carbocycles. The first kappa shape index (κ1) is 21.5. The molecule has 0 aromatic heterocycles. The fraction of sp³-hybridized carbons (Fsp3) is 0.133. The predicted molar refractivity (Wildman–Crippen MR) is 89.7 cm³/mol. The van der Waals surface area contributed by atoms with Gasteiger partial charge < -0.3 is 4.74 Å². The molecule has 8 nitrogen and oxygen atoms in total. The number of hydrogen-bond acceptors (Lipinski definition) is 7. The molecule has 0 unspecified atom stereocenters. The number of benzene rings is 2. The maximum Gasteiger partial charge on any atom is 0.501 e. The van der Waals surface area contributed by atoms with Gasteiger partial charge in [-0.05, 0) is 24.3 Å². The van der Waals surface area contributed by atoms with Gasteiger partial charge in [0, 0.05) is 6.07 Å². The molecule has 0 radical (unpaired) electrons. The van der Waals surface area contributed by atoms with Crippen LogP contribution >= 0.6 is 0 Å². The molecule has 0 N–H and O–H groups in total. The van der Waals surface area contributed by atoms with E-state index >= 15 is 0 Å². The molecule has 2 rings (SSSR count). The number of hydrogen-bond donors (Lipinski definition) is 0. The van der Waals surface area contributed by atoms with Crippen molar-refractivity contribution in [1.82, 2.24) is 0 Å². The zero-order chi connectivity index (χ0) is 21.1. The van der Waals surface area contributed by atoms with E-state index in [1.807, 2.05) is 0 Å². The zero-order valence-electron chi connectivity index (χ0n) is 13.6. The second-order valence-corrected chi connectivity index (χ2v) is 8.47. The van der Waals surface area contributed by atoms with Gasteiger partial charge in [-0.3, -0.25) is 19.1 Å². The van der Waals surface area contributed by atoms with Crippen LogP contribution in [0.25, 0.3) is 0 Å². The third-order valence-corrected chi connectivity index (χ3v) is 6.03. The maximum atomic E-state index is 12.6. The summed E-state index contributed by atoms with van der Waals surface area (Å²) in [5.74, 6) is -1.71. The Morgan fingerprint density at radius 1 is 1.14 bits per heavy atom. The lowest BCUT2D eigenvalue weighted by molar-refractivity contribution is -0.388. The molecule has 0 aliphatic rings. The normalized spacial score (nSPS) is 13.0.